The van der Waals surface area contributed by atoms with Gasteiger partial charge in [0.25, 0.3) is 0 Å². The van der Waals surface area contributed by atoms with Gasteiger partial charge in [0.1, 0.15) is 17.1 Å². The Morgan fingerprint density at radius 3 is 2.81 bits per heavy atom. The number of hydrogen-bond acceptors (Lipinski definition) is 3. The Kier molecular flexibility index (Phi) is 2.88. The third kappa shape index (κ3) is 1.67. The van der Waals surface area contributed by atoms with Crippen molar-refractivity contribution in [2.24, 2.45) is 0 Å². The Bertz CT molecular complexity index is 587. The molecule has 2 aromatic rings. The molecule has 1 aromatic carbocycles. The molecule has 0 N–H and O–H groups in total. The molecule has 16 heavy (non-hydrogen) atoms. The average Bonchev–Trinajstić information content (AvgIpc) is 2.27. The Labute approximate surface area is 97.6 Å². The number of ether oxygens (including phenoxy) is 1. The fraction of sp³-hybridized carbons (Fsp3) is 0.250. The summed E-state index contributed by atoms with van der Waals surface area (Å²) in [4.78, 5) is 11.7. The first-order valence-corrected chi connectivity index (χ1v) is 5.37. The van der Waals surface area contributed by atoms with Gasteiger partial charge in [-0.2, -0.15) is 0 Å². The fourth-order valence-electron chi connectivity index (χ4n) is 1.69. The van der Waals surface area contributed by atoms with E-state index in [0.29, 0.717) is 28.0 Å². The lowest BCUT2D eigenvalue weighted by atomic mass is 10.1. The summed E-state index contributed by atoms with van der Waals surface area (Å²) >= 11 is 5.85. The van der Waals surface area contributed by atoms with Crippen molar-refractivity contribution in [3.63, 3.8) is 0 Å². The summed E-state index contributed by atoms with van der Waals surface area (Å²) in [5.41, 5.74) is 1.16. The topological polar surface area (TPSA) is 39.4 Å². The number of fused-ring (bicyclic) bond motifs is 1. The van der Waals surface area contributed by atoms with E-state index in [1.54, 1.807) is 26.2 Å². The normalized spacial score (nSPS) is 10.7. The molecule has 0 amide bonds. The summed E-state index contributed by atoms with van der Waals surface area (Å²) in [5.74, 6) is 1.45. The van der Waals surface area contributed by atoms with Crippen LogP contribution in [0.5, 0.6) is 5.75 Å². The van der Waals surface area contributed by atoms with Crippen LogP contribution in [0.15, 0.2) is 27.4 Å². The van der Waals surface area contributed by atoms with E-state index in [1.807, 2.05) is 0 Å². The monoisotopic (exact) mass is 238 g/mol. The van der Waals surface area contributed by atoms with E-state index in [9.17, 15) is 4.79 Å². The van der Waals surface area contributed by atoms with Crippen LogP contribution in [0, 0.1) is 6.92 Å². The van der Waals surface area contributed by atoms with Gasteiger partial charge in [0.15, 0.2) is 5.43 Å². The van der Waals surface area contributed by atoms with Crippen LogP contribution in [0.2, 0.25) is 0 Å². The minimum absolute atomic E-state index is 0.0623. The van der Waals surface area contributed by atoms with Crippen molar-refractivity contribution < 1.29 is 9.15 Å². The van der Waals surface area contributed by atoms with Crippen molar-refractivity contribution in [1.29, 1.82) is 0 Å². The molecular weight excluding hydrogens is 228 g/mol. The zero-order valence-corrected chi connectivity index (χ0v) is 9.80. The van der Waals surface area contributed by atoms with Crippen LogP contribution in [0.25, 0.3) is 11.0 Å². The third-order valence-electron chi connectivity index (χ3n) is 2.43. The second-order valence-corrected chi connectivity index (χ2v) is 3.75. The van der Waals surface area contributed by atoms with E-state index in [2.05, 4.69) is 0 Å². The third-order valence-corrected chi connectivity index (χ3v) is 2.70. The Balaban J connectivity index is 2.91. The Morgan fingerprint density at radius 1 is 1.44 bits per heavy atom. The van der Waals surface area contributed by atoms with Crippen molar-refractivity contribution in [2.45, 2.75) is 12.8 Å². The van der Waals surface area contributed by atoms with E-state index in [-0.39, 0.29) is 11.3 Å². The van der Waals surface area contributed by atoms with Crippen molar-refractivity contribution in [1.82, 2.24) is 0 Å². The summed E-state index contributed by atoms with van der Waals surface area (Å²) in [6, 6.07) is 4.88. The molecule has 0 atom stereocenters. The number of rotatable bonds is 2. The van der Waals surface area contributed by atoms with Gasteiger partial charge in [0, 0.05) is 6.07 Å². The van der Waals surface area contributed by atoms with Gasteiger partial charge in [-0.3, -0.25) is 4.79 Å². The van der Waals surface area contributed by atoms with Crippen molar-refractivity contribution >= 4 is 22.6 Å². The second-order valence-electron chi connectivity index (χ2n) is 3.48. The first-order chi connectivity index (χ1) is 7.67. The smallest absolute Gasteiger partial charge is 0.192 e. The zero-order valence-electron chi connectivity index (χ0n) is 9.04. The van der Waals surface area contributed by atoms with Gasteiger partial charge in [0.2, 0.25) is 0 Å². The highest BCUT2D eigenvalue weighted by molar-refractivity contribution is 6.18. The molecule has 0 aliphatic rings. The number of alkyl halides is 1. The SMILES string of the molecule is COc1ccc2c(=O)cc(C)oc2c1CCl. The van der Waals surface area contributed by atoms with E-state index in [0.717, 1.165) is 0 Å². The minimum Gasteiger partial charge on any atom is -0.496 e. The van der Waals surface area contributed by atoms with Crippen molar-refractivity contribution in [3.05, 3.63) is 39.7 Å². The van der Waals surface area contributed by atoms with Gasteiger partial charge in [-0.05, 0) is 19.1 Å². The molecule has 0 saturated heterocycles. The highest BCUT2D eigenvalue weighted by atomic mass is 35.5. The molecule has 2 rings (SSSR count). The second kappa shape index (κ2) is 4.18. The Morgan fingerprint density at radius 2 is 2.19 bits per heavy atom. The lowest BCUT2D eigenvalue weighted by Gasteiger charge is -2.08. The van der Waals surface area contributed by atoms with Crippen LogP contribution < -0.4 is 10.2 Å². The maximum absolute atomic E-state index is 11.7. The first kappa shape index (κ1) is 11.0. The van der Waals surface area contributed by atoms with Crippen LogP contribution in [0.1, 0.15) is 11.3 Å². The molecule has 4 heteroatoms. The number of methoxy groups -OCH3 is 1. The van der Waals surface area contributed by atoms with Crippen LogP contribution in [-0.4, -0.2) is 7.11 Å². The molecule has 0 saturated carbocycles. The predicted octanol–water partition coefficient (Wildman–Crippen LogP) is 2.85. The number of hydrogen-bond donors (Lipinski definition) is 0. The summed E-state index contributed by atoms with van der Waals surface area (Å²) < 4.78 is 10.7. The molecule has 0 fully saturated rings. The van der Waals surface area contributed by atoms with E-state index >= 15 is 0 Å². The standard InChI is InChI=1S/C12H11ClO3/c1-7-5-10(14)8-3-4-11(15-2)9(6-13)12(8)16-7/h3-5H,6H2,1-2H3. The quantitative estimate of drug-likeness (QED) is 0.756. The molecule has 1 aromatic heterocycles. The first-order valence-electron chi connectivity index (χ1n) is 4.83. The average molecular weight is 239 g/mol. The maximum Gasteiger partial charge on any atom is 0.192 e. The molecular formula is C12H11ClO3. The highest BCUT2D eigenvalue weighted by Crippen LogP contribution is 2.28. The molecule has 1 heterocycles. The zero-order chi connectivity index (χ0) is 11.7. The molecule has 0 bridgehead atoms. The molecule has 0 unspecified atom stereocenters. The summed E-state index contributed by atoms with van der Waals surface area (Å²) in [6.07, 6.45) is 0. The maximum atomic E-state index is 11.7. The Hall–Kier alpha value is -1.48. The van der Waals surface area contributed by atoms with Crippen LogP contribution in [0.4, 0.5) is 0 Å². The summed E-state index contributed by atoms with van der Waals surface area (Å²) in [5, 5.41) is 0.530. The molecule has 0 spiro atoms. The summed E-state index contributed by atoms with van der Waals surface area (Å²) in [7, 11) is 1.56. The molecule has 84 valence electrons. The molecule has 3 nitrogen and oxygen atoms in total. The van der Waals surface area contributed by atoms with Crippen molar-refractivity contribution in [3.8, 4) is 5.75 Å². The van der Waals surface area contributed by atoms with Crippen molar-refractivity contribution in [2.75, 3.05) is 7.11 Å². The van der Waals surface area contributed by atoms with E-state index in [1.165, 1.54) is 6.07 Å². The van der Waals surface area contributed by atoms with Gasteiger partial charge in [-0.25, -0.2) is 0 Å². The predicted molar refractivity (Wildman–Crippen MR) is 63.3 cm³/mol. The highest BCUT2D eigenvalue weighted by Gasteiger charge is 2.12. The van der Waals surface area contributed by atoms with Crippen LogP contribution in [-0.2, 0) is 5.88 Å². The number of benzene rings is 1. The lowest BCUT2D eigenvalue weighted by molar-refractivity contribution is 0.410. The summed E-state index contributed by atoms with van der Waals surface area (Å²) in [6.45, 7) is 1.73. The molecule has 0 radical (unpaired) electrons. The van der Waals surface area contributed by atoms with Gasteiger partial charge >= 0.3 is 0 Å². The van der Waals surface area contributed by atoms with Crippen LogP contribution in [0.3, 0.4) is 0 Å². The van der Waals surface area contributed by atoms with Crippen LogP contribution >= 0.6 is 11.6 Å². The fourth-order valence-corrected chi connectivity index (χ4v) is 1.94. The van der Waals surface area contributed by atoms with Gasteiger partial charge in [0.05, 0.1) is 23.9 Å². The molecule has 0 aliphatic heterocycles. The number of halogens is 1. The largest absolute Gasteiger partial charge is 0.496 e. The lowest BCUT2D eigenvalue weighted by Crippen LogP contribution is -2.02. The minimum atomic E-state index is -0.0623. The van der Waals surface area contributed by atoms with E-state index in [4.69, 9.17) is 20.8 Å². The van der Waals surface area contributed by atoms with Gasteiger partial charge in [-0.1, -0.05) is 0 Å². The van der Waals surface area contributed by atoms with Gasteiger partial charge in [-0.15, -0.1) is 11.6 Å². The van der Waals surface area contributed by atoms with E-state index < -0.39 is 0 Å². The molecule has 0 aliphatic carbocycles. The van der Waals surface area contributed by atoms with Gasteiger partial charge < -0.3 is 9.15 Å². The number of aryl methyl sites for hydroxylation is 1.